The summed E-state index contributed by atoms with van der Waals surface area (Å²) in [5.74, 6) is 0.541. The molecule has 0 radical (unpaired) electrons. The molecule has 2 aliphatic carbocycles. The van der Waals surface area contributed by atoms with Gasteiger partial charge in [0.15, 0.2) is 0 Å². The number of aliphatic hydroxyl groups is 1. The summed E-state index contributed by atoms with van der Waals surface area (Å²) in [6, 6.07) is 1.42. The molecule has 70 valence electrons. The van der Waals surface area contributed by atoms with Gasteiger partial charge in [0, 0.05) is 18.7 Å². The van der Waals surface area contributed by atoms with Gasteiger partial charge in [-0.2, -0.15) is 0 Å². The maximum absolute atomic E-state index is 9.15. The lowest BCUT2D eigenvalue weighted by atomic mass is 9.85. The first-order chi connectivity index (χ1) is 5.90. The van der Waals surface area contributed by atoms with Gasteiger partial charge < -0.3 is 10.4 Å². The fourth-order valence-electron chi connectivity index (χ4n) is 2.20. The van der Waals surface area contributed by atoms with E-state index in [1.54, 1.807) is 0 Å². The molecule has 0 heterocycles. The predicted octanol–water partition coefficient (Wildman–Crippen LogP) is 1.29. The fraction of sp³-hybridized carbons (Fsp3) is 1.00. The summed E-state index contributed by atoms with van der Waals surface area (Å²) < 4.78 is 0. The third-order valence-corrected chi connectivity index (χ3v) is 3.17. The monoisotopic (exact) mass is 169 g/mol. The van der Waals surface area contributed by atoms with Gasteiger partial charge >= 0.3 is 0 Å². The highest BCUT2D eigenvalue weighted by Gasteiger charge is 2.30. The van der Waals surface area contributed by atoms with Gasteiger partial charge in [0.1, 0.15) is 0 Å². The van der Waals surface area contributed by atoms with Crippen molar-refractivity contribution < 1.29 is 5.11 Å². The molecule has 2 aliphatic rings. The second-order valence-corrected chi connectivity index (χ2v) is 4.27. The second kappa shape index (κ2) is 3.75. The van der Waals surface area contributed by atoms with E-state index in [-0.39, 0.29) is 0 Å². The van der Waals surface area contributed by atoms with Crippen LogP contribution in [-0.2, 0) is 0 Å². The van der Waals surface area contributed by atoms with Crippen molar-refractivity contribution in [3.8, 4) is 0 Å². The topological polar surface area (TPSA) is 32.3 Å². The highest BCUT2D eigenvalue weighted by atomic mass is 16.3. The fourth-order valence-corrected chi connectivity index (χ4v) is 2.20. The van der Waals surface area contributed by atoms with E-state index in [2.05, 4.69) is 5.32 Å². The molecule has 0 spiro atoms. The van der Waals surface area contributed by atoms with E-state index in [0.717, 1.165) is 6.04 Å². The Balaban J connectivity index is 1.81. The Morgan fingerprint density at radius 2 is 1.83 bits per heavy atom. The van der Waals surface area contributed by atoms with Crippen LogP contribution < -0.4 is 5.32 Å². The van der Waals surface area contributed by atoms with Crippen LogP contribution in [0.15, 0.2) is 0 Å². The first-order valence-electron chi connectivity index (χ1n) is 5.27. The molecule has 2 atom stereocenters. The molecule has 2 saturated carbocycles. The van der Waals surface area contributed by atoms with Crippen LogP contribution in [0.4, 0.5) is 0 Å². The molecule has 12 heavy (non-hydrogen) atoms. The summed E-state index contributed by atoms with van der Waals surface area (Å²) in [6.45, 7) is 0.379. The molecule has 2 unspecified atom stereocenters. The normalized spacial score (nSPS) is 36.8. The van der Waals surface area contributed by atoms with E-state index >= 15 is 0 Å². The van der Waals surface area contributed by atoms with Gasteiger partial charge in [-0.1, -0.05) is 12.8 Å². The van der Waals surface area contributed by atoms with E-state index in [1.807, 2.05) is 0 Å². The summed E-state index contributed by atoms with van der Waals surface area (Å²) >= 11 is 0. The van der Waals surface area contributed by atoms with E-state index in [4.69, 9.17) is 5.11 Å². The van der Waals surface area contributed by atoms with Crippen molar-refractivity contribution in [3.05, 3.63) is 0 Å². The molecule has 2 fully saturated rings. The SMILES string of the molecule is OCC1CCCCC1NC1CC1. The summed E-state index contributed by atoms with van der Waals surface area (Å²) in [5.41, 5.74) is 0. The number of rotatable bonds is 3. The Hall–Kier alpha value is -0.0800. The Morgan fingerprint density at radius 1 is 1.08 bits per heavy atom. The smallest absolute Gasteiger partial charge is 0.0474 e. The third kappa shape index (κ3) is 1.99. The zero-order valence-electron chi connectivity index (χ0n) is 7.63. The van der Waals surface area contributed by atoms with Crippen molar-refractivity contribution >= 4 is 0 Å². The second-order valence-electron chi connectivity index (χ2n) is 4.27. The largest absolute Gasteiger partial charge is 0.396 e. The van der Waals surface area contributed by atoms with Crippen LogP contribution in [0.3, 0.4) is 0 Å². The predicted molar refractivity (Wildman–Crippen MR) is 49.0 cm³/mol. The summed E-state index contributed by atoms with van der Waals surface area (Å²) in [6.07, 6.45) is 7.88. The van der Waals surface area contributed by atoms with E-state index in [9.17, 15) is 0 Å². The molecular weight excluding hydrogens is 150 g/mol. The minimum absolute atomic E-state index is 0.379. The Kier molecular flexibility index (Phi) is 2.66. The standard InChI is InChI=1S/C10H19NO/c12-7-8-3-1-2-4-10(8)11-9-5-6-9/h8-12H,1-7H2. The van der Waals surface area contributed by atoms with E-state index in [0.29, 0.717) is 18.6 Å². The van der Waals surface area contributed by atoms with Crippen molar-refractivity contribution in [3.63, 3.8) is 0 Å². The van der Waals surface area contributed by atoms with Gasteiger partial charge in [0.25, 0.3) is 0 Å². The minimum Gasteiger partial charge on any atom is -0.396 e. The zero-order valence-corrected chi connectivity index (χ0v) is 7.63. The van der Waals surface area contributed by atoms with Gasteiger partial charge in [-0.3, -0.25) is 0 Å². The lowest BCUT2D eigenvalue weighted by Crippen LogP contribution is -2.41. The van der Waals surface area contributed by atoms with Crippen LogP contribution in [0.25, 0.3) is 0 Å². The van der Waals surface area contributed by atoms with Gasteiger partial charge in [0.2, 0.25) is 0 Å². The van der Waals surface area contributed by atoms with Crippen molar-refractivity contribution in [2.24, 2.45) is 5.92 Å². The third-order valence-electron chi connectivity index (χ3n) is 3.17. The highest BCUT2D eigenvalue weighted by Crippen LogP contribution is 2.28. The molecule has 2 nitrogen and oxygen atoms in total. The van der Waals surface area contributed by atoms with E-state index in [1.165, 1.54) is 38.5 Å². The lowest BCUT2D eigenvalue weighted by molar-refractivity contribution is 0.152. The average Bonchev–Trinajstić information content (AvgIpc) is 2.89. The van der Waals surface area contributed by atoms with Gasteiger partial charge in [0.05, 0.1) is 0 Å². The number of nitrogens with one attached hydrogen (secondary N) is 1. The number of hydrogen-bond acceptors (Lipinski definition) is 2. The maximum atomic E-state index is 9.15. The van der Waals surface area contributed by atoms with Crippen LogP contribution in [0.2, 0.25) is 0 Å². The Morgan fingerprint density at radius 3 is 2.50 bits per heavy atom. The maximum Gasteiger partial charge on any atom is 0.0474 e. The Bertz CT molecular complexity index is 145. The first-order valence-corrected chi connectivity index (χ1v) is 5.27. The van der Waals surface area contributed by atoms with Crippen LogP contribution in [0.5, 0.6) is 0 Å². The molecule has 2 heteroatoms. The quantitative estimate of drug-likeness (QED) is 0.667. The van der Waals surface area contributed by atoms with E-state index < -0.39 is 0 Å². The molecule has 0 aromatic rings. The van der Waals surface area contributed by atoms with Crippen molar-refractivity contribution in [2.45, 2.75) is 50.6 Å². The summed E-state index contributed by atoms with van der Waals surface area (Å²) in [4.78, 5) is 0. The molecule has 0 aromatic carbocycles. The zero-order chi connectivity index (χ0) is 8.39. The molecule has 0 saturated heterocycles. The number of hydrogen-bond donors (Lipinski definition) is 2. The average molecular weight is 169 g/mol. The van der Waals surface area contributed by atoms with Gasteiger partial charge in [-0.15, -0.1) is 0 Å². The van der Waals surface area contributed by atoms with Crippen LogP contribution in [0.1, 0.15) is 38.5 Å². The molecule has 2 rings (SSSR count). The molecular formula is C10H19NO. The summed E-state index contributed by atoms with van der Waals surface area (Å²) in [7, 11) is 0. The van der Waals surface area contributed by atoms with Crippen molar-refractivity contribution in [2.75, 3.05) is 6.61 Å². The van der Waals surface area contributed by atoms with Crippen LogP contribution in [0, 0.1) is 5.92 Å². The van der Waals surface area contributed by atoms with Crippen molar-refractivity contribution in [1.82, 2.24) is 5.32 Å². The first kappa shape index (κ1) is 8.52. The molecule has 0 aromatic heterocycles. The van der Waals surface area contributed by atoms with Gasteiger partial charge in [-0.05, 0) is 31.6 Å². The summed E-state index contributed by atoms with van der Waals surface area (Å²) in [5, 5.41) is 12.8. The highest BCUT2D eigenvalue weighted by molar-refractivity contribution is 4.89. The number of aliphatic hydroxyl groups excluding tert-OH is 1. The lowest BCUT2D eigenvalue weighted by Gasteiger charge is -2.31. The minimum atomic E-state index is 0.379. The van der Waals surface area contributed by atoms with Crippen LogP contribution in [-0.4, -0.2) is 23.8 Å². The van der Waals surface area contributed by atoms with Gasteiger partial charge in [-0.25, -0.2) is 0 Å². The Labute approximate surface area is 74.4 Å². The van der Waals surface area contributed by atoms with Crippen molar-refractivity contribution in [1.29, 1.82) is 0 Å². The molecule has 0 bridgehead atoms. The molecule has 2 N–H and O–H groups in total. The molecule has 0 amide bonds. The molecule has 0 aliphatic heterocycles. The van der Waals surface area contributed by atoms with Crippen LogP contribution >= 0.6 is 0 Å².